The molecule has 1 aromatic rings. The summed E-state index contributed by atoms with van der Waals surface area (Å²) in [5.74, 6) is 2.37. The van der Waals surface area contributed by atoms with Crippen molar-refractivity contribution in [3.05, 3.63) is 35.9 Å². The van der Waals surface area contributed by atoms with Gasteiger partial charge < -0.3 is 4.90 Å². The molecule has 0 aromatic heterocycles. The summed E-state index contributed by atoms with van der Waals surface area (Å²) in [6.45, 7) is 3.40. The molecule has 0 saturated heterocycles. The number of benzene rings is 1. The fourth-order valence-electron chi connectivity index (χ4n) is 1.45. The van der Waals surface area contributed by atoms with Gasteiger partial charge in [-0.05, 0) is 16.8 Å². The second kappa shape index (κ2) is 7.08. The zero-order valence-corrected chi connectivity index (χ0v) is 10.8. The van der Waals surface area contributed by atoms with E-state index in [2.05, 4.69) is 26.7 Å². The molecule has 0 aliphatic rings. The van der Waals surface area contributed by atoms with E-state index in [0.29, 0.717) is 6.54 Å². The van der Waals surface area contributed by atoms with E-state index >= 15 is 0 Å². The molecule has 1 rings (SSSR count). The Kier molecular flexibility index (Phi) is 5.66. The zero-order valence-electron chi connectivity index (χ0n) is 9.24. The van der Waals surface area contributed by atoms with Gasteiger partial charge in [-0.2, -0.15) is 0 Å². The summed E-state index contributed by atoms with van der Waals surface area (Å²) >= 11 is 2.95. The second-order valence-electron chi connectivity index (χ2n) is 3.43. The summed E-state index contributed by atoms with van der Waals surface area (Å²) in [4.78, 5) is 15.9. The Bertz CT molecular complexity index is 391. The Balaban J connectivity index is 2.70. The van der Waals surface area contributed by atoms with E-state index in [0.717, 1.165) is 18.5 Å². The van der Waals surface area contributed by atoms with Crippen LogP contribution < -0.4 is 0 Å². The van der Waals surface area contributed by atoms with E-state index < -0.39 is 0 Å². The van der Waals surface area contributed by atoms with E-state index in [-0.39, 0.29) is 5.91 Å². The number of carbonyl (C=O) groups is 1. The Morgan fingerprint density at radius 1 is 1.38 bits per heavy atom. The van der Waals surface area contributed by atoms with Crippen LogP contribution in [0.4, 0.5) is 0 Å². The maximum absolute atomic E-state index is 11.7. The topological polar surface area (TPSA) is 20.3 Å². The van der Waals surface area contributed by atoms with Gasteiger partial charge in [0.05, 0.1) is 0 Å². The fraction of sp³-hybridized carbons (Fsp3) is 0.308. The second-order valence-corrected chi connectivity index (χ2v) is 3.83. The molecule has 3 heteroatoms. The number of rotatable bonds is 4. The van der Waals surface area contributed by atoms with Crippen LogP contribution in [0.2, 0.25) is 0 Å². The fourth-order valence-corrected chi connectivity index (χ4v) is 1.62. The molecular formula is C13H14BrNO. The van der Waals surface area contributed by atoms with E-state index in [1.807, 2.05) is 37.3 Å². The lowest BCUT2D eigenvalue weighted by Crippen LogP contribution is -2.30. The van der Waals surface area contributed by atoms with Gasteiger partial charge in [0.2, 0.25) is 0 Å². The lowest BCUT2D eigenvalue weighted by Gasteiger charge is -2.19. The quantitative estimate of drug-likeness (QED) is 0.777. The molecule has 1 amide bonds. The molecule has 0 aliphatic heterocycles. The molecule has 0 bridgehead atoms. The Labute approximate surface area is 105 Å². The minimum atomic E-state index is -0.137. The molecule has 0 saturated carbocycles. The molecule has 0 heterocycles. The van der Waals surface area contributed by atoms with Crippen LogP contribution in [0.25, 0.3) is 0 Å². The molecule has 0 aliphatic carbocycles. The third-order valence-corrected chi connectivity index (χ3v) is 2.35. The molecule has 0 spiro atoms. The first-order valence-corrected chi connectivity index (χ1v) is 6.01. The van der Waals surface area contributed by atoms with Gasteiger partial charge in [0.1, 0.15) is 0 Å². The number of halogens is 1. The summed E-state index contributed by atoms with van der Waals surface area (Å²) in [6.07, 6.45) is 0.933. The van der Waals surface area contributed by atoms with Gasteiger partial charge in [0, 0.05) is 34.9 Å². The average molecular weight is 280 g/mol. The Morgan fingerprint density at radius 2 is 2.06 bits per heavy atom. The number of carbonyl (C=O) groups excluding carboxylic acids is 1. The van der Waals surface area contributed by atoms with Crippen molar-refractivity contribution < 1.29 is 4.79 Å². The van der Waals surface area contributed by atoms with Gasteiger partial charge in [0.15, 0.2) is 0 Å². The SMILES string of the molecule is CCCN(Cc1ccccc1)C(=O)C#CBr. The molecule has 2 nitrogen and oxygen atoms in total. The molecule has 0 fully saturated rings. The zero-order chi connectivity index (χ0) is 11.8. The van der Waals surface area contributed by atoms with E-state index in [4.69, 9.17) is 0 Å². The van der Waals surface area contributed by atoms with Crippen LogP contribution in [-0.2, 0) is 11.3 Å². The first-order chi connectivity index (χ1) is 7.77. The van der Waals surface area contributed by atoms with E-state index in [1.54, 1.807) is 4.90 Å². The van der Waals surface area contributed by atoms with Crippen LogP contribution in [-0.4, -0.2) is 17.4 Å². The number of hydrogen-bond donors (Lipinski definition) is 0. The van der Waals surface area contributed by atoms with Crippen molar-refractivity contribution in [1.82, 2.24) is 4.90 Å². The van der Waals surface area contributed by atoms with Crippen molar-refractivity contribution in [3.63, 3.8) is 0 Å². The largest absolute Gasteiger partial charge is 0.328 e. The molecular weight excluding hydrogens is 266 g/mol. The van der Waals surface area contributed by atoms with Crippen molar-refractivity contribution in [2.24, 2.45) is 0 Å². The minimum Gasteiger partial charge on any atom is -0.328 e. The highest BCUT2D eigenvalue weighted by molar-refractivity contribution is 9.12. The predicted octanol–water partition coefficient (Wildman–Crippen LogP) is 2.78. The highest BCUT2D eigenvalue weighted by Crippen LogP contribution is 2.05. The first kappa shape index (κ1) is 12.8. The molecule has 16 heavy (non-hydrogen) atoms. The highest BCUT2D eigenvalue weighted by Gasteiger charge is 2.10. The van der Waals surface area contributed by atoms with Crippen LogP contribution >= 0.6 is 15.9 Å². The number of amides is 1. The standard InChI is InChI=1S/C13H14BrNO/c1-2-10-15(13(16)8-9-14)11-12-6-4-3-5-7-12/h3-7H,2,10-11H2,1H3. The smallest absolute Gasteiger partial charge is 0.299 e. The first-order valence-electron chi connectivity index (χ1n) is 5.22. The maximum Gasteiger partial charge on any atom is 0.299 e. The molecule has 0 atom stereocenters. The summed E-state index contributed by atoms with van der Waals surface area (Å²) in [7, 11) is 0. The molecule has 84 valence electrons. The summed E-state index contributed by atoms with van der Waals surface area (Å²) in [5.41, 5.74) is 1.13. The molecule has 0 radical (unpaired) electrons. The Morgan fingerprint density at radius 3 is 2.62 bits per heavy atom. The third-order valence-electron chi connectivity index (χ3n) is 2.15. The van der Waals surface area contributed by atoms with Crippen LogP contribution in [0.3, 0.4) is 0 Å². The number of hydrogen-bond acceptors (Lipinski definition) is 1. The Hall–Kier alpha value is -1.27. The molecule has 0 unspecified atom stereocenters. The summed E-state index contributed by atoms with van der Waals surface area (Å²) in [5, 5.41) is 0. The molecule has 1 aromatic carbocycles. The third kappa shape index (κ3) is 4.08. The predicted molar refractivity (Wildman–Crippen MR) is 68.9 cm³/mol. The monoisotopic (exact) mass is 279 g/mol. The van der Waals surface area contributed by atoms with E-state index in [1.165, 1.54) is 0 Å². The van der Waals surface area contributed by atoms with Crippen molar-refractivity contribution in [1.29, 1.82) is 0 Å². The number of nitrogens with zero attached hydrogens (tertiary/aromatic N) is 1. The van der Waals surface area contributed by atoms with Crippen LogP contribution in [0.5, 0.6) is 0 Å². The highest BCUT2D eigenvalue weighted by atomic mass is 79.9. The van der Waals surface area contributed by atoms with E-state index in [9.17, 15) is 4.79 Å². The average Bonchev–Trinajstić information content (AvgIpc) is 2.30. The van der Waals surface area contributed by atoms with Gasteiger partial charge in [-0.15, -0.1) is 0 Å². The van der Waals surface area contributed by atoms with Gasteiger partial charge in [-0.3, -0.25) is 4.79 Å². The lowest BCUT2D eigenvalue weighted by molar-refractivity contribution is -0.125. The van der Waals surface area contributed by atoms with Crippen LogP contribution in [0, 0.1) is 10.8 Å². The van der Waals surface area contributed by atoms with Gasteiger partial charge >= 0.3 is 0 Å². The molecule has 0 N–H and O–H groups in total. The minimum absolute atomic E-state index is 0.137. The summed E-state index contributed by atoms with van der Waals surface area (Å²) < 4.78 is 0. The van der Waals surface area contributed by atoms with Crippen LogP contribution in [0.15, 0.2) is 30.3 Å². The van der Waals surface area contributed by atoms with Crippen molar-refractivity contribution in [2.45, 2.75) is 19.9 Å². The van der Waals surface area contributed by atoms with Gasteiger partial charge in [-0.25, -0.2) is 0 Å². The van der Waals surface area contributed by atoms with Crippen molar-refractivity contribution >= 4 is 21.8 Å². The van der Waals surface area contributed by atoms with Crippen molar-refractivity contribution in [2.75, 3.05) is 6.54 Å². The normalized spacial score (nSPS) is 9.12. The van der Waals surface area contributed by atoms with Crippen LogP contribution in [0.1, 0.15) is 18.9 Å². The maximum atomic E-state index is 11.7. The summed E-state index contributed by atoms with van der Waals surface area (Å²) in [6, 6.07) is 9.93. The lowest BCUT2D eigenvalue weighted by atomic mass is 10.2. The van der Waals surface area contributed by atoms with Gasteiger partial charge in [-0.1, -0.05) is 37.3 Å². The van der Waals surface area contributed by atoms with Crippen molar-refractivity contribution in [3.8, 4) is 10.8 Å². The van der Waals surface area contributed by atoms with Gasteiger partial charge in [0.25, 0.3) is 5.91 Å².